The van der Waals surface area contributed by atoms with E-state index in [1.54, 1.807) is 78.9 Å². The second-order valence-corrected chi connectivity index (χ2v) is 10.1. The summed E-state index contributed by atoms with van der Waals surface area (Å²) in [6.07, 6.45) is -1.44. The van der Waals surface area contributed by atoms with E-state index in [0.717, 1.165) is 0 Å². The van der Waals surface area contributed by atoms with Crippen LogP contribution in [0.4, 0.5) is 21.9 Å². The Morgan fingerprint density at radius 3 is 2.12 bits per heavy atom. The van der Waals surface area contributed by atoms with Gasteiger partial charge in [-0.05, 0) is 55.0 Å². The first-order valence-electron chi connectivity index (χ1n) is 10.5. The molecule has 1 saturated heterocycles. The van der Waals surface area contributed by atoms with Crippen LogP contribution in [0, 0.1) is 0 Å². The van der Waals surface area contributed by atoms with Crippen LogP contribution in [0.25, 0.3) is 0 Å². The van der Waals surface area contributed by atoms with Crippen molar-refractivity contribution in [2.75, 3.05) is 27.2 Å². The molecule has 2 N–H and O–H groups in total. The summed E-state index contributed by atoms with van der Waals surface area (Å²) in [4.78, 5) is 25.5. The highest BCUT2D eigenvalue weighted by Crippen LogP contribution is 2.26. The molecule has 3 aromatic carbocycles. The molecule has 1 aliphatic heterocycles. The monoisotopic (exact) mass is 499 g/mol. The molecule has 1 atom stereocenters. The van der Waals surface area contributed by atoms with Crippen LogP contribution in [0.3, 0.4) is 0 Å². The number of nitrogens with zero attached hydrogens (tertiary/aromatic N) is 1. The second-order valence-electron chi connectivity index (χ2n) is 7.61. The molecule has 0 aliphatic carbocycles. The lowest BCUT2D eigenvalue weighted by atomic mass is 10.1. The molecule has 8 nitrogen and oxygen atoms in total. The van der Waals surface area contributed by atoms with Gasteiger partial charge in [0.05, 0.1) is 11.4 Å². The van der Waals surface area contributed by atoms with Crippen LogP contribution >= 0.6 is 11.6 Å². The first kappa shape index (κ1) is 23.6. The molecule has 3 aromatic rings. The normalized spacial score (nSPS) is 15.4. The van der Waals surface area contributed by atoms with E-state index < -0.39 is 28.1 Å². The molecule has 0 radical (unpaired) electrons. The molecule has 1 fully saturated rings. The van der Waals surface area contributed by atoms with Gasteiger partial charge in [-0.3, -0.25) is 14.4 Å². The highest BCUT2D eigenvalue weighted by Gasteiger charge is 2.29. The maximum Gasteiger partial charge on any atom is 0.412 e. The topological polar surface area (TPSA) is 105 Å². The third-order valence-corrected chi connectivity index (χ3v) is 7.30. The predicted molar refractivity (Wildman–Crippen MR) is 132 cm³/mol. The standard InChI is InChI=1S/C24H22ClN3O5S/c25-18-7-9-20(10-8-18)27-24(30)33-22(17-5-2-1-3-6-17)23(29)26-19-11-13-21(14-12-19)28-15-4-16-34(28,31)32/h1-3,5-14,22H,4,15-16H2,(H,26,29)(H,27,30)/t22-/m1/s1. The minimum atomic E-state index is -3.29. The molecular formula is C24H22ClN3O5S. The Bertz CT molecular complexity index is 1270. The van der Waals surface area contributed by atoms with Gasteiger partial charge in [-0.25, -0.2) is 13.2 Å². The molecule has 1 aliphatic rings. The van der Waals surface area contributed by atoms with Crippen LogP contribution in [-0.4, -0.2) is 32.7 Å². The Kier molecular flexibility index (Phi) is 7.04. The third-order valence-electron chi connectivity index (χ3n) is 5.18. The Labute approximate surface area is 202 Å². The van der Waals surface area contributed by atoms with Gasteiger partial charge in [0, 0.05) is 28.5 Å². The quantitative estimate of drug-likeness (QED) is 0.506. The molecule has 176 valence electrons. The molecule has 0 unspecified atom stereocenters. The Balaban J connectivity index is 1.47. The zero-order valence-electron chi connectivity index (χ0n) is 18.0. The van der Waals surface area contributed by atoms with E-state index in [0.29, 0.717) is 40.6 Å². The van der Waals surface area contributed by atoms with Gasteiger partial charge >= 0.3 is 6.09 Å². The minimum absolute atomic E-state index is 0.125. The van der Waals surface area contributed by atoms with Crippen molar-refractivity contribution < 1.29 is 22.7 Å². The third kappa shape index (κ3) is 5.67. The number of benzene rings is 3. The maximum absolute atomic E-state index is 13.1. The van der Waals surface area contributed by atoms with Crippen molar-refractivity contribution in [1.82, 2.24) is 0 Å². The molecule has 34 heavy (non-hydrogen) atoms. The van der Waals surface area contributed by atoms with Gasteiger partial charge in [0.1, 0.15) is 0 Å². The number of rotatable bonds is 6. The van der Waals surface area contributed by atoms with Crippen molar-refractivity contribution >= 4 is 50.7 Å². The lowest BCUT2D eigenvalue weighted by Gasteiger charge is -2.19. The van der Waals surface area contributed by atoms with Crippen molar-refractivity contribution in [2.24, 2.45) is 0 Å². The van der Waals surface area contributed by atoms with Gasteiger partial charge in [0.25, 0.3) is 5.91 Å². The second kappa shape index (κ2) is 10.1. The first-order valence-corrected chi connectivity index (χ1v) is 12.5. The average molecular weight is 500 g/mol. The SMILES string of the molecule is O=C(Nc1ccc(Cl)cc1)O[C@@H](C(=O)Nc1ccc(N2CCCS2(=O)=O)cc1)c1ccccc1. The van der Waals surface area contributed by atoms with Crippen LogP contribution in [0.1, 0.15) is 18.1 Å². The molecule has 0 aromatic heterocycles. The molecule has 0 saturated carbocycles. The molecule has 0 spiro atoms. The van der Waals surface area contributed by atoms with Gasteiger partial charge in [0.2, 0.25) is 16.1 Å². The van der Waals surface area contributed by atoms with Crippen molar-refractivity contribution in [2.45, 2.75) is 12.5 Å². The smallest absolute Gasteiger partial charge is 0.412 e. The van der Waals surface area contributed by atoms with Gasteiger partial charge in [0.15, 0.2) is 0 Å². The number of sulfonamides is 1. The van der Waals surface area contributed by atoms with Crippen LogP contribution in [-0.2, 0) is 19.6 Å². The van der Waals surface area contributed by atoms with Gasteiger partial charge < -0.3 is 10.1 Å². The lowest BCUT2D eigenvalue weighted by Crippen LogP contribution is -2.28. The van der Waals surface area contributed by atoms with Gasteiger partial charge in [-0.1, -0.05) is 41.9 Å². The number of carbonyl (C=O) groups is 2. The molecule has 1 heterocycles. The summed E-state index contributed by atoms with van der Waals surface area (Å²) in [6.45, 7) is 0.431. The van der Waals surface area contributed by atoms with E-state index in [1.807, 2.05) is 0 Å². The fraction of sp³-hybridized carbons (Fsp3) is 0.167. The molecule has 4 rings (SSSR count). The highest BCUT2D eigenvalue weighted by molar-refractivity contribution is 7.93. The fourth-order valence-electron chi connectivity index (χ4n) is 3.54. The Morgan fingerprint density at radius 2 is 1.50 bits per heavy atom. The number of amides is 2. The van der Waals surface area contributed by atoms with Gasteiger partial charge in [-0.2, -0.15) is 0 Å². The summed E-state index contributed by atoms with van der Waals surface area (Å²) < 4.78 is 31.0. The van der Waals surface area contributed by atoms with E-state index in [9.17, 15) is 18.0 Å². The minimum Gasteiger partial charge on any atom is -0.431 e. The van der Waals surface area contributed by atoms with Crippen LogP contribution < -0.4 is 14.9 Å². The van der Waals surface area contributed by atoms with Gasteiger partial charge in [-0.15, -0.1) is 0 Å². The lowest BCUT2D eigenvalue weighted by molar-refractivity contribution is -0.124. The molecular weight excluding hydrogens is 478 g/mol. The maximum atomic E-state index is 13.1. The van der Waals surface area contributed by atoms with Crippen LogP contribution in [0.2, 0.25) is 5.02 Å². The first-order chi connectivity index (χ1) is 16.3. The summed E-state index contributed by atoms with van der Waals surface area (Å²) in [5.41, 5.74) is 1.93. The highest BCUT2D eigenvalue weighted by atomic mass is 35.5. The van der Waals surface area contributed by atoms with E-state index in [1.165, 1.54) is 4.31 Å². The molecule has 10 heteroatoms. The number of hydrogen-bond acceptors (Lipinski definition) is 5. The number of nitrogens with one attached hydrogen (secondary N) is 2. The largest absolute Gasteiger partial charge is 0.431 e. The number of anilines is 3. The Hall–Kier alpha value is -3.56. The van der Waals surface area contributed by atoms with Crippen molar-refractivity contribution in [3.8, 4) is 0 Å². The van der Waals surface area contributed by atoms with Crippen LogP contribution in [0.5, 0.6) is 0 Å². The zero-order chi connectivity index (χ0) is 24.1. The van der Waals surface area contributed by atoms with E-state index in [-0.39, 0.29) is 5.75 Å². The summed E-state index contributed by atoms with van der Waals surface area (Å²) in [7, 11) is -3.29. The molecule has 0 bridgehead atoms. The fourth-order valence-corrected chi connectivity index (χ4v) is 5.23. The summed E-state index contributed by atoms with van der Waals surface area (Å²) >= 11 is 5.86. The van der Waals surface area contributed by atoms with Crippen LogP contribution in [0.15, 0.2) is 78.9 Å². The van der Waals surface area contributed by atoms with Crippen molar-refractivity contribution in [1.29, 1.82) is 0 Å². The molecule has 2 amide bonds. The van der Waals surface area contributed by atoms with E-state index >= 15 is 0 Å². The van der Waals surface area contributed by atoms with E-state index in [2.05, 4.69) is 10.6 Å². The summed E-state index contributed by atoms with van der Waals surface area (Å²) in [5, 5.41) is 5.82. The number of hydrogen-bond donors (Lipinski definition) is 2. The Morgan fingerprint density at radius 1 is 0.882 bits per heavy atom. The summed E-state index contributed by atoms with van der Waals surface area (Å²) in [5.74, 6) is -0.432. The number of halogens is 1. The van der Waals surface area contributed by atoms with Crippen molar-refractivity contribution in [3.63, 3.8) is 0 Å². The zero-order valence-corrected chi connectivity index (χ0v) is 19.6. The van der Waals surface area contributed by atoms with Crippen molar-refractivity contribution in [3.05, 3.63) is 89.4 Å². The summed E-state index contributed by atoms with van der Waals surface area (Å²) in [6, 6.07) is 21.6. The average Bonchev–Trinajstić information content (AvgIpc) is 3.19. The van der Waals surface area contributed by atoms with E-state index in [4.69, 9.17) is 16.3 Å². The number of carbonyl (C=O) groups excluding carboxylic acids is 2. The predicted octanol–water partition coefficient (Wildman–Crippen LogP) is 4.81. The number of ether oxygens (including phenoxy) is 1.